The molecule has 1 amide bonds. The number of hydrogen-bond acceptors (Lipinski definition) is 3. The third-order valence-corrected chi connectivity index (χ3v) is 3.34. The highest BCUT2D eigenvalue weighted by Gasteiger charge is 2.33. The van der Waals surface area contributed by atoms with Crippen molar-refractivity contribution < 1.29 is 9.90 Å². The summed E-state index contributed by atoms with van der Waals surface area (Å²) < 4.78 is 0. The monoisotopic (exact) mass is 228 g/mol. The molecule has 2 atom stereocenters. The molecule has 1 aliphatic heterocycles. The SMILES string of the molecule is CC(C)CN1CCC(C)N(C)C(=O)C1CO. The normalized spacial score (nSPS) is 28.6. The van der Waals surface area contributed by atoms with Gasteiger partial charge in [-0.15, -0.1) is 0 Å². The summed E-state index contributed by atoms with van der Waals surface area (Å²) in [4.78, 5) is 16.0. The van der Waals surface area contributed by atoms with E-state index in [2.05, 4.69) is 25.7 Å². The Bertz CT molecular complexity index is 243. The summed E-state index contributed by atoms with van der Waals surface area (Å²) in [6.45, 7) is 8.01. The molecule has 0 bridgehead atoms. The number of nitrogens with zero attached hydrogens (tertiary/aromatic N) is 2. The zero-order chi connectivity index (χ0) is 12.3. The van der Waals surface area contributed by atoms with Crippen molar-refractivity contribution in [2.45, 2.75) is 39.3 Å². The van der Waals surface area contributed by atoms with Crippen LogP contribution in [0.3, 0.4) is 0 Å². The zero-order valence-corrected chi connectivity index (χ0v) is 10.8. The first-order valence-electron chi connectivity index (χ1n) is 6.09. The van der Waals surface area contributed by atoms with Crippen molar-refractivity contribution in [3.05, 3.63) is 0 Å². The highest BCUT2D eigenvalue weighted by Crippen LogP contribution is 2.16. The average molecular weight is 228 g/mol. The van der Waals surface area contributed by atoms with Gasteiger partial charge in [-0.25, -0.2) is 0 Å². The largest absolute Gasteiger partial charge is 0.394 e. The van der Waals surface area contributed by atoms with Crippen LogP contribution in [0.2, 0.25) is 0 Å². The standard InChI is InChI=1S/C12H24N2O2/c1-9(2)7-14-6-5-10(3)13(4)12(16)11(14)8-15/h9-11,15H,5-8H2,1-4H3. The van der Waals surface area contributed by atoms with Gasteiger partial charge in [0.15, 0.2) is 0 Å². The molecule has 0 aromatic carbocycles. The van der Waals surface area contributed by atoms with E-state index in [0.29, 0.717) is 5.92 Å². The van der Waals surface area contributed by atoms with Gasteiger partial charge in [0.1, 0.15) is 6.04 Å². The summed E-state index contributed by atoms with van der Waals surface area (Å²) in [5.74, 6) is 0.564. The lowest BCUT2D eigenvalue weighted by molar-refractivity contribution is -0.137. The van der Waals surface area contributed by atoms with Crippen LogP contribution >= 0.6 is 0 Å². The number of hydrogen-bond donors (Lipinski definition) is 1. The molecule has 0 radical (unpaired) electrons. The van der Waals surface area contributed by atoms with Crippen LogP contribution in [0.25, 0.3) is 0 Å². The molecule has 94 valence electrons. The van der Waals surface area contributed by atoms with E-state index in [1.165, 1.54) is 0 Å². The van der Waals surface area contributed by atoms with Gasteiger partial charge in [0.25, 0.3) is 0 Å². The number of carbonyl (C=O) groups excluding carboxylic acids is 1. The molecule has 0 aromatic heterocycles. The molecule has 0 saturated carbocycles. The Balaban J connectivity index is 2.80. The summed E-state index contributed by atoms with van der Waals surface area (Å²) in [7, 11) is 1.83. The minimum absolute atomic E-state index is 0.0492. The molecule has 1 rings (SSSR count). The van der Waals surface area contributed by atoms with Crippen LogP contribution < -0.4 is 0 Å². The molecule has 2 unspecified atom stereocenters. The molecular formula is C12H24N2O2. The topological polar surface area (TPSA) is 43.8 Å². The Morgan fingerprint density at radius 2 is 2.12 bits per heavy atom. The summed E-state index contributed by atoms with van der Waals surface area (Å²) in [6, 6.07) is -0.0870. The van der Waals surface area contributed by atoms with E-state index in [9.17, 15) is 9.90 Å². The summed E-state index contributed by atoms with van der Waals surface area (Å²) in [5.41, 5.74) is 0. The van der Waals surface area contributed by atoms with Crippen molar-refractivity contribution in [2.24, 2.45) is 5.92 Å². The van der Waals surface area contributed by atoms with E-state index in [4.69, 9.17) is 0 Å². The Kier molecular flexibility index (Phi) is 4.74. The Morgan fingerprint density at radius 1 is 1.50 bits per heavy atom. The smallest absolute Gasteiger partial charge is 0.242 e. The van der Waals surface area contributed by atoms with Gasteiger partial charge < -0.3 is 10.0 Å². The number of amides is 1. The molecule has 16 heavy (non-hydrogen) atoms. The van der Waals surface area contributed by atoms with Crippen LogP contribution in [0.4, 0.5) is 0 Å². The van der Waals surface area contributed by atoms with E-state index < -0.39 is 0 Å². The number of rotatable bonds is 3. The molecule has 1 fully saturated rings. The van der Waals surface area contributed by atoms with Crippen molar-refractivity contribution in [1.29, 1.82) is 0 Å². The molecule has 0 spiro atoms. The number of aliphatic hydroxyl groups excluding tert-OH is 1. The quantitative estimate of drug-likeness (QED) is 0.767. The third kappa shape index (κ3) is 2.95. The van der Waals surface area contributed by atoms with Crippen LogP contribution in [-0.4, -0.2) is 59.6 Å². The van der Waals surface area contributed by atoms with Crippen molar-refractivity contribution >= 4 is 5.91 Å². The molecule has 1 N–H and O–H groups in total. The summed E-state index contributed by atoms with van der Waals surface area (Å²) in [5, 5.41) is 9.38. The predicted molar refractivity (Wildman–Crippen MR) is 64.1 cm³/mol. The first-order valence-corrected chi connectivity index (χ1v) is 6.09. The lowest BCUT2D eigenvalue weighted by Gasteiger charge is -2.29. The van der Waals surface area contributed by atoms with Crippen LogP contribution in [0.1, 0.15) is 27.2 Å². The van der Waals surface area contributed by atoms with Crippen molar-refractivity contribution in [3.63, 3.8) is 0 Å². The molecule has 0 aromatic rings. The first kappa shape index (κ1) is 13.5. The van der Waals surface area contributed by atoms with Crippen LogP contribution in [0.15, 0.2) is 0 Å². The fraction of sp³-hybridized carbons (Fsp3) is 0.917. The summed E-state index contributed by atoms with van der Waals surface area (Å²) in [6.07, 6.45) is 0.978. The molecule has 1 saturated heterocycles. The van der Waals surface area contributed by atoms with Crippen molar-refractivity contribution in [1.82, 2.24) is 9.80 Å². The maximum Gasteiger partial charge on any atom is 0.242 e. The van der Waals surface area contributed by atoms with E-state index in [1.54, 1.807) is 4.90 Å². The van der Waals surface area contributed by atoms with Crippen molar-refractivity contribution in [3.8, 4) is 0 Å². The molecule has 4 heteroatoms. The van der Waals surface area contributed by atoms with Gasteiger partial charge in [0.2, 0.25) is 5.91 Å². The van der Waals surface area contributed by atoms with Gasteiger partial charge in [-0.1, -0.05) is 13.8 Å². The molecule has 1 aliphatic rings. The van der Waals surface area contributed by atoms with Crippen LogP contribution in [0, 0.1) is 5.92 Å². The Morgan fingerprint density at radius 3 is 2.62 bits per heavy atom. The maximum atomic E-state index is 12.1. The second kappa shape index (κ2) is 5.64. The van der Waals surface area contributed by atoms with Crippen molar-refractivity contribution in [2.75, 3.05) is 26.7 Å². The predicted octanol–water partition coefficient (Wildman–Crippen LogP) is 0.556. The second-order valence-electron chi connectivity index (χ2n) is 5.17. The fourth-order valence-corrected chi connectivity index (χ4v) is 2.19. The van der Waals surface area contributed by atoms with Gasteiger partial charge >= 0.3 is 0 Å². The fourth-order valence-electron chi connectivity index (χ4n) is 2.19. The van der Waals surface area contributed by atoms with Gasteiger partial charge in [-0.3, -0.25) is 9.69 Å². The Labute approximate surface area is 98.2 Å². The van der Waals surface area contributed by atoms with Gasteiger partial charge in [0.05, 0.1) is 6.61 Å². The van der Waals surface area contributed by atoms with E-state index in [0.717, 1.165) is 19.5 Å². The van der Waals surface area contributed by atoms with Gasteiger partial charge in [-0.2, -0.15) is 0 Å². The second-order valence-corrected chi connectivity index (χ2v) is 5.17. The lowest BCUT2D eigenvalue weighted by Crippen LogP contribution is -2.49. The highest BCUT2D eigenvalue weighted by molar-refractivity contribution is 5.82. The number of carbonyl (C=O) groups is 1. The highest BCUT2D eigenvalue weighted by atomic mass is 16.3. The third-order valence-electron chi connectivity index (χ3n) is 3.34. The van der Waals surface area contributed by atoms with E-state index in [1.807, 2.05) is 7.05 Å². The first-order chi connectivity index (χ1) is 7.47. The minimum atomic E-state index is -0.350. The lowest BCUT2D eigenvalue weighted by atomic mass is 10.1. The molecule has 4 nitrogen and oxygen atoms in total. The van der Waals surface area contributed by atoms with E-state index >= 15 is 0 Å². The molecule has 0 aliphatic carbocycles. The zero-order valence-electron chi connectivity index (χ0n) is 10.8. The number of aliphatic hydroxyl groups is 1. The molecule has 1 heterocycles. The maximum absolute atomic E-state index is 12.1. The van der Waals surface area contributed by atoms with Gasteiger partial charge in [0, 0.05) is 26.2 Å². The van der Waals surface area contributed by atoms with Crippen LogP contribution in [-0.2, 0) is 4.79 Å². The van der Waals surface area contributed by atoms with Crippen LogP contribution in [0.5, 0.6) is 0 Å². The number of likely N-dealkylation sites (N-methyl/N-ethyl adjacent to an activating group) is 1. The molecular weight excluding hydrogens is 204 g/mol. The Hall–Kier alpha value is -0.610. The minimum Gasteiger partial charge on any atom is -0.394 e. The van der Waals surface area contributed by atoms with E-state index in [-0.39, 0.29) is 24.6 Å². The summed E-state index contributed by atoms with van der Waals surface area (Å²) >= 11 is 0. The van der Waals surface area contributed by atoms with Gasteiger partial charge in [-0.05, 0) is 19.3 Å². The average Bonchev–Trinajstić information content (AvgIpc) is 2.31.